The smallest absolute Gasteiger partial charge is 0.491 e. The predicted octanol–water partition coefficient (Wildman–Crippen LogP) is 3.62. The van der Waals surface area contributed by atoms with Crippen LogP contribution in [-0.4, -0.2) is 18.9 Å². The molecular weight excluding hydrogens is 223 g/mol. The topological polar surface area (TPSA) is 35.5 Å². The maximum absolute atomic E-state index is 11.3. The van der Waals surface area contributed by atoms with Crippen molar-refractivity contribution >= 4 is 8.03 Å². The minimum Gasteiger partial charge on any atom is -0.491 e. The molecule has 16 heavy (non-hydrogen) atoms. The first-order valence-electron chi connectivity index (χ1n) is 5.55. The first-order valence-corrected chi connectivity index (χ1v) is 6.91. The summed E-state index contributed by atoms with van der Waals surface area (Å²) in [5.74, 6) is 0.816. The van der Waals surface area contributed by atoms with Gasteiger partial charge in [0.1, 0.15) is 18.5 Å². The third-order valence-electron chi connectivity index (χ3n) is 2.16. The molecule has 2 atom stereocenters. The lowest BCUT2D eigenvalue weighted by molar-refractivity contribution is 0.133. The van der Waals surface area contributed by atoms with Gasteiger partial charge in [0.25, 0.3) is 0 Å². The summed E-state index contributed by atoms with van der Waals surface area (Å²) < 4.78 is 22.2. The Balaban J connectivity index is 2.37. The molecule has 4 heteroatoms. The van der Waals surface area contributed by atoms with Crippen molar-refractivity contribution in [2.24, 2.45) is 0 Å². The maximum Gasteiger partial charge on any atom is 0.508 e. The van der Waals surface area contributed by atoms with Crippen LogP contribution in [0.1, 0.15) is 20.3 Å². The van der Waals surface area contributed by atoms with Gasteiger partial charge in [0.15, 0.2) is 6.16 Å². The van der Waals surface area contributed by atoms with Crippen LogP contribution in [0.5, 0.6) is 5.75 Å². The summed E-state index contributed by atoms with van der Waals surface area (Å²) in [6.07, 6.45) is 1.26. The van der Waals surface area contributed by atoms with Crippen LogP contribution in [0.3, 0.4) is 0 Å². The van der Waals surface area contributed by atoms with E-state index in [0.29, 0.717) is 12.8 Å². The molecule has 1 aromatic carbocycles. The van der Waals surface area contributed by atoms with Crippen molar-refractivity contribution in [2.45, 2.75) is 26.4 Å². The fraction of sp³-hybridized carbons (Fsp3) is 0.500. The van der Waals surface area contributed by atoms with Gasteiger partial charge >= 0.3 is 8.03 Å². The number of hydrogen-bond donors (Lipinski definition) is 0. The Hall–Kier alpha value is -0.920. The minimum absolute atomic E-state index is 0.0937. The van der Waals surface area contributed by atoms with E-state index in [0.717, 1.165) is 12.2 Å². The van der Waals surface area contributed by atoms with Gasteiger partial charge < -0.3 is 4.74 Å². The van der Waals surface area contributed by atoms with E-state index in [1.165, 1.54) is 0 Å². The first-order chi connectivity index (χ1) is 7.76. The van der Waals surface area contributed by atoms with Crippen LogP contribution in [0.2, 0.25) is 0 Å². The van der Waals surface area contributed by atoms with E-state index in [-0.39, 0.29) is 6.10 Å². The van der Waals surface area contributed by atoms with Crippen LogP contribution in [0, 0.1) is 0 Å². The SMILES string of the molecule is CC[C@H](COc1ccccc1)O[P+](=O)CC. The van der Waals surface area contributed by atoms with Crippen LogP contribution >= 0.6 is 8.03 Å². The molecule has 1 aromatic rings. The monoisotopic (exact) mass is 241 g/mol. The second kappa shape index (κ2) is 7.37. The van der Waals surface area contributed by atoms with Crippen molar-refractivity contribution < 1.29 is 13.8 Å². The highest BCUT2D eigenvalue weighted by molar-refractivity contribution is 7.39. The Morgan fingerprint density at radius 2 is 1.94 bits per heavy atom. The van der Waals surface area contributed by atoms with Crippen LogP contribution in [0.15, 0.2) is 30.3 Å². The van der Waals surface area contributed by atoms with Crippen molar-refractivity contribution in [1.82, 2.24) is 0 Å². The molecule has 1 unspecified atom stereocenters. The normalized spacial score (nSPS) is 13.2. The fourth-order valence-electron chi connectivity index (χ4n) is 1.17. The summed E-state index contributed by atoms with van der Waals surface area (Å²) in [7, 11) is -1.53. The van der Waals surface area contributed by atoms with E-state index >= 15 is 0 Å². The van der Waals surface area contributed by atoms with Crippen LogP contribution < -0.4 is 4.74 Å². The van der Waals surface area contributed by atoms with Crippen molar-refractivity contribution in [1.29, 1.82) is 0 Å². The van der Waals surface area contributed by atoms with Gasteiger partial charge in [-0.25, -0.2) is 0 Å². The Kier molecular flexibility index (Phi) is 6.05. The van der Waals surface area contributed by atoms with E-state index in [9.17, 15) is 4.57 Å². The molecule has 0 N–H and O–H groups in total. The highest BCUT2D eigenvalue weighted by Crippen LogP contribution is 2.25. The molecule has 0 bridgehead atoms. The van der Waals surface area contributed by atoms with Crippen LogP contribution in [0.25, 0.3) is 0 Å². The second-order valence-electron chi connectivity index (χ2n) is 3.41. The lowest BCUT2D eigenvalue weighted by atomic mass is 10.3. The van der Waals surface area contributed by atoms with E-state index in [1.807, 2.05) is 44.2 Å². The zero-order chi connectivity index (χ0) is 11.8. The van der Waals surface area contributed by atoms with Crippen molar-refractivity contribution in [3.63, 3.8) is 0 Å². The zero-order valence-corrected chi connectivity index (χ0v) is 10.7. The zero-order valence-electron chi connectivity index (χ0n) is 9.76. The number of ether oxygens (including phenoxy) is 1. The molecule has 0 saturated heterocycles. The number of rotatable bonds is 7. The summed E-state index contributed by atoms with van der Waals surface area (Å²) >= 11 is 0. The third-order valence-corrected chi connectivity index (χ3v) is 3.21. The van der Waals surface area contributed by atoms with Gasteiger partial charge in [0.2, 0.25) is 0 Å². The molecule has 1 rings (SSSR count). The lowest BCUT2D eigenvalue weighted by Crippen LogP contribution is -2.18. The summed E-state index contributed by atoms with van der Waals surface area (Å²) in [5.41, 5.74) is 0. The number of para-hydroxylation sites is 1. The Morgan fingerprint density at radius 3 is 2.50 bits per heavy atom. The van der Waals surface area contributed by atoms with Crippen LogP contribution in [-0.2, 0) is 9.09 Å². The maximum atomic E-state index is 11.3. The van der Waals surface area contributed by atoms with E-state index in [4.69, 9.17) is 9.26 Å². The van der Waals surface area contributed by atoms with E-state index < -0.39 is 8.03 Å². The number of hydrogen-bond acceptors (Lipinski definition) is 3. The fourth-order valence-corrected chi connectivity index (χ4v) is 1.86. The molecule has 3 nitrogen and oxygen atoms in total. The summed E-state index contributed by atoms with van der Waals surface area (Å²) in [6.45, 7) is 4.29. The standard InChI is InChI=1S/C12H18O3P/c1-3-11(15-16(13)4-2)10-14-12-8-6-5-7-9-12/h5-9,11H,3-4,10H2,1-2H3/q+1/t11-/m1/s1. The molecule has 0 aliphatic carbocycles. The van der Waals surface area contributed by atoms with Crippen molar-refractivity contribution in [2.75, 3.05) is 12.8 Å². The van der Waals surface area contributed by atoms with Gasteiger partial charge in [-0.3, -0.25) is 0 Å². The van der Waals surface area contributed by atoms with Gasteiger partial charge in [-0.1, -0.05) is 25.1 Å². The molecule has 0 aliphatic heterocycles. The molecule has 0 saturated carbocycles. The average molecular weight is 241 g/mol. The Labute approximate surface area is 97.6 Å². The Morgan fingerprint density at radius 1 is 1.25 bits per heavy atom. The minimum atomic E-state index is -1.53. The highest BCUT2D eigenvalue weighted by Gasteiger charge is 2.21. The second-order valence-corrected chi connectivity index (χ2v) is 4.92. The molecule has 88 valence electrons. The first kappa shape index (κ1) is 13.1. The molecule has 0 fully saturated rings. The van der Waals surface area contributed by atoms with Crippen molar-refractivity contribution in [3.8, 4) is 5.75 Å². The summed E-state index contributed by atoms with van der Waals surface area (Å²) in [6, 6.07) is 9.57. The quantitative estimate of drug-likeness (QED) is 0.684. The predicted molar refractivity (Wildman–Crippen MR) is 65.2 cm³/mol. The highest BCUT2D eigenvalue weighted by atomic mass is 31.1. The molecular formula is C12H18O3P+. The summed E-state index contributed by atoms with van der Waals surface area (Å²) in [5, 5.41) is 0. The van der Waals surface area contributed by atoms with Crippen LogP contribution in [0.4, 0.5) is 0 Å². The van der Waals surface area contributed by atoms with E-state index in [1.54, 1.807) is 0 Å². The molecule has 0 radical (unpaired) electrons. The lowest BCUT2D eigenvalue weighted by Gasteiger charge is -2.10. The largest absolute Gasteiger partial charge is 0.508 e. The van der Waals surface area contributed by atoms with E-state index in [2.05, 4.69) is 0 Å². The van der Waals surface area contributed by atoms with Gasteiger partial charge in [0.05, 0.1) is 0 Å². The van der Waals surface area contributed by atoms with Crippen molar-refractivity contribution in [3.05, 3.63) is 30.3 Å². The Bertz CT molecular complexity index is 313. The van der Waals surface area contributed by atoms with Gasteiger partial charge in [-0.2, -0.15) is 0 Å². The number of benzene rings is 1. The molecule has 0 aliphatic rings. The molecule has 0 heterocycles. The summed E-state index contributed by atoms with van der Waals surface area (Å²) in [4.78, 5) is 0. The van der Waals surface area contributed by atoms with Gasteiger partial charge in [0, 0.05) is 0 Å². The molecule has 0 aromatic heterocycles. The third kappa shape index (κ3) is 4.73. The molecule has 0 spiro atoms. The molecule has 0 amide bonds. The van der Waals surface area contributed by atoms with Gasteiger partial charge in [-0.15, -0.1) is 4.52 Å². The van der Waals surface area contributed by atoms with Gasteiger partial charge in [-0.05, 0) is 30.0 Å². The average Bonchev–Trinajstić information content (AvgIpc) is 2.35.